The molecule has 0 unspecified atom stereocenters. The molecule has 2 nitrogen and oxygen atoms in total. The molecule has 0 saturated carbocycles. The lowest BCUT2D eigenvalue weighted by atomic mass is 10.0. The van der Waals surface area contributed by atoms with E-state index < -0.39 is 7.37 Å². The normalized spacial score (nSPS) is 12.5. The topological polar surface area (TPSA) is 37.3 Å². The van der Waals surface area contributed by atoms with E-state index in [-0.39, 0.29) is 0 Å². The van der Waals surface area contributed by atoms with Crippen LogP contribution in [0.15, 0.2) is 97.1 Å². The van der Waals surface area contributed by atoms with Crippen LogP contribution in [-0.4, -0.2) is 4.89 Å². The molecule has 0 atom stereocenters. The Kier molecular flexibility index (Phi) is 4.82. The third kappa shape index (κ3) is 3.50. The lowest BCUT2D eigenvalue weighted by Crippen LogP contribution is -2.14. The van der Waals surface area contributed by atoms with E-state index in [0.29, 0.717) is 21.7 Å². The number of hydrogen-bond donors (Lipinski definition) is 1. The minimum Gasteiger partial charge on any atom is -0.338 e. The number of hydrogen-bond acceptors (Lipinski definition) is 1. The van der Waals surface area contributed by atoms with Crippen LogP contribution in [0.2, 0.25) is 0 Å². The van der Waals surface area contributed by atoms with Crippen LogP contribution in [0, 0.1) is 23.7 Å². The predicted octanol–water partition coefficient (Wildman–Crippen LogP) is 4.69. The van der Waals surface area contributed by atoms with E-state index >= 15 is 0 Å². The number of fused-ring (bicyclic) bond motifs is 3. The minimum atomic E-state index is -3.85. The molecule has 0 radical (unpaired) electrons. The van der Waals surface area contributed by atoms with Crippen LogP contribution in [0.4, 0.5) is 0 Å². The van der Waals surface area contributed by atoms with Crippen molar-refractivity contribution < 1.29 is 9.46 Å². The molecule has 1 aliphatic rings. The molecule has 4 aromatic carbocycles. The molecule has 0 aromatic heterocycles. The Morgan fingerprint density at radius 1 is 0.516 bits per heavy atom. The van der Waals surface area contributed by atoms with Crippen LogP contribution >= 0.6 is 7.37 Å². The Morgan fingerprint density at radius 2 is 0.935 bits per heavy atom. The van der Waals surface area contributed by atoms with Crippen LogP contribution in [0.1, 0.15) is 22.3 Å². The van der Waals surface area contributed by atoms with Crippen molar-refractivity contribution in [1.29, 1.82) is 0 Å². The van der Waals surface area contributed by atoms with Gasteiger partial charge < -0.3 is 4.89 Å². The predicted molar refractivity (Wildman–Crippen MR) is 126 cm³/mol. The largest absolute Gasteiger partial charge is 0.338 e. The zero-order valence-electron chi connectivity index (χ0n) is 16.5. The maximum Gasteiger partial charge on any atom is 0.262 e. The molecule has 146 valence electrons. The van der Waals surface area contributed by atoms with Gasteiger partial charge >= 0.3 is 0 Å². The SMILES string of the molecule is O=P1(O)c2c(C#Cc3ccccc3)cccc2-c2cccc(C#Cc3ccccc3)c21. The highest BCUT2D eigenvalue weighted by atomic mass is 31.2. The van der Waals surface area contributed by atoms with Gasteiger partial charge in [-0.3, -0.25) is 4.57 Å². The Bertz CT molecular complexity index is 1350. The van der Waals surface area contributed by atoms with E-state index in [1.165, 1.54) is 0 Å². The lowest BCUT2D eigenvalue weighted by Gasteiger charge is -2.10. The number of rotatable bonds is 0. The molecular weight excluding hydrogens is 399 g/mol. The smallest absolute Gasteiger partial charge is 0.262 e. The molecule has 0 fully saturated rings. The Labute approximate surface area is 181 Å². The molecule has 0 bridgehead atoms. The van der Waals surface area contributed by atoms with Crippen LogP contribution in [-0.2, 0) is 4.57 Å². The molecule has 0 saturated heterocycles. The summed E-state index contributed by atoms with van der Waals surface area (Å²) >= 11 is 0. The van der Waals surface area contributed by atoms with E-state index in [2.05, 4.69) is 23.7 Å². The summed E-state index contributed by atoms with van der Waals surface area (Å²) in [6.45, 7) is 0. The highest BCUT2D eigenvalue weighted by Gasteiger charge is 2.40. The first-order valence-corrected chi connectivity index (χ1v) is 11.5. The molecule has 1 aliphatic heterocycles. The highest BCUT2D eigenvalue weighted by molar-refractivity contribution is 7.75. The maximum absolute atomic E-state index is 13.7. The number of benzene rings is 4. The fourth-order valence-electron chi connectivity index (χ4n) is 3.81. The van der Waals surface area contributed by atoms with Gasteiger partial charge in [-0.2, -0.15) is 0 Å². The van der Waals surface area contributed by atoms with Crippen molar-refractivity contribution in [3.8, 4) is 34.8 Å². The molecular formula is C28H17O2P. The molecule has 4 aromatic rings. The van der Waals surface area contributed by atoms with E-state index in [1.54, 1.807) is 12.1 Å². The average Bonchev–Trinajstić information content (AvgIpc) is 3.06. The quantitative estimate of drug-likeness (QED) is 0.334. The zero-order valence-corrected chi connectivity index (χ0v) is 17.4. The van der Waals surface area contributed by atoms with Crippen molar-refractivity contribution in [2.24, 2.45) is 0 Å². The van der Waals surface area contributed by atoms with Crippen molar-refractivity contribution in [3.63, 3.8) is 0 Å². The summed E-state index contributed by atoms with van der Waals surface area (Å²) in [6, 6.07) is 30.3. The zero-order chi connectivity index (χ0) is 21.3. The molecule has 0 aliphatic carbocycles. The highest BCUT2D eigenvalue weighted by Crippen LogP contribution is 2.51. The lowest BCUT2D eigenvalue weighted by molar-refractivity contribution is 0.501. The molecule has 31 heavy (non-hydrogen) atoms. The van der Waals surface area contributed by atoms with Gasteiger partial charge in [0.15, 0.2) is 0 Å². The van der Waals surface area contributed by atoms with Gasteiger partial charge in [-0.1, -0.05) is 84.3 Å². The Balaban J connectivity index is 1.65. The van der Waals surface area contributed by atoms with Gasteiger partial charge in [-0.15, -0.1) is 0 Å². The van der Waals surface area contributed by atoms with Crippen molar-refractivity contribution in [2.75, 3.05) is 0 Å². The van der Waals surface area contributed by atoms with Gasteiger partial charge in [0.05, 0.1) is 10.6 Å². The molecule has 1 N–H and O–H groups in total. The second kappa shape index (κ2) is 7.79. The third-order valence-corrected chi connectivity index (χ3v) is 7.37. The molecule has 3 heteroatoms. The van der Waals surface area contributed by atoms with Crippen molar-refractivity contribution in [1.82, 2.24) is 0 Å². The second-order valence-corrected chi connectivity index (χ2v) is 9.26. The van der Waals surface area contributed by atoms with E-state index in [9.17, 15) is 9.46 Å². The summed E-state index contributed by atoms with van der Waals surface area (Å²) in [7, 11) is -3.85. The van der Waals surface area contributed by atoms with Gasteiger partial charge in [0.25, 0.3) is 7.37 Å². The van der Waals surface area contributed by atoms with Crippen LogP contribution in [0.3, 0.4) is 0 Å². The van der Waals surface area contributed by atoms with Gasteiger partial charge in [0.2, 0.25) is 0 Å². The first-order chi connectivity index (χ1) is 15.1. The summed E-state index contributed by atoms with van der Waals surface area (Å²) in [6.07, 6.45) is 0. The summed E-state index contributed by atoms with van der Waals surface area (Å²) in [5.74, 6) is 12.4. The van der Waals surface area contributed by atoms with Crippen LogP contribution < -0.4 is 10.6 Å². The third-order valence-electron chi connectivity index (χ3n) is 5.20. The molecule has 0 amide bonds. The van der Waals surface area contributed by atoms with Crippen LogP contribution in [0.25, 0.3) is 11.1 Å². The van der Waals surface area contributed by atoms with Crippen LogP contribution in [0.5, 0.6) is 0 Å². The Morgan fingerprint density at radius 3 is 1.35 bits per heavy atom. The van der Waals surface area contributed by atoms with Gasteiger partial charge in [-0.25, -0.2) is 0 Å². The fourth-order valence-corrected chi connectivity index (χ4v) is 5.99. The van der Waals surface area contributed by atoms with Crippen molar-refractivity contribution in [2.45, 2.75) is 0 Å². The van der Waals surface area contributed by atoms with E-state index in [0.717, 1.165) is 22.3 Å². The fraction of sp³-hybridized carbons (Fsp3) is 0. The average molecular weight is 416 g/mol. The van der Waals surface area contributed by atoms with E-state index in [4.69, 9.17) is 0 Å². The molecule has 0 spiro atoms. The molecule has 5 rings (SSSR count). The monoisotopic (exact) mass is 416 g/mol. The standard InChI is InChI=1S/C28H17O2P/c29-31(30)27-23(19-17-21-9-3-1-4-10-21)13-7-15-25(27)26-16-8-14-24(28(26)31)20-18-22-11-5-2-6-12-22/h1-16H,(H,29,30). The second-order valence-electron chi connectivity index (χ2n) is 7.21. The Hall–Kier alpha value is -3.81. The first kappa shape index (κ1) is 19.2. The first-order valence-electron chi connectivity index (χ1n) is 9.89. The summed E-state index contributed by atoms with van der Waals surface area (Å²) in [5.41, 5.74) is 4.37. The van der Waals surface area contributed by atoms with Crippen molar-refractivity contribution >= 4 is 18.0 Å². The molecule has 1 heterocycles. The summed E-state index contributed by atoms with van der Waals surface area (Å²) in [5, 5.41) is 0.810. The van der Waals surface area contributed by atoms with Gasteiger partial charge in [0, 0.05) is 22.3 Å². The van der Waals surface area contributed by atoms with Crippen molar-refractivity contribution in [3.05, 3.63) is 119 Å². The van der Waals surface area contributed by atoms with Gasteiger partial charge in [0.1, 0.15) is 0 Å². The van der Waals surface area contributed by atoms with Gasteiger partial charge in [-0.05, 0) is 47.5 Å². The minimum absolute atomic E-state index is 0.405. The van der Waals surface area contributed by atoms with E-state index in [1.807, 2.05) is 84.9 Å². The maximum atomic E-state index is 13.7. The summed E-state index contributed by atoms with van der Waals surface area (Å²) < 4.78 is 13.7. The summed E-state index contributed by atoms with van der Waals surface area (Å²) in [4.78, 5) is 11.3.